The minimum Gasteiger partial charge on any atom is -0.368 e. The zero-order chi connectivity index (χ0) is 20.4. The van der Waals surface area contributed by atoms with Crippen LogP contribution in [0.25, 0.3) is 16.7 Å². The molecule has 0 fully saturated rings. The first kappa shape index (κ1) is 19.3. The minimum absolute atomic E-state index is 0.0261. The van der Waals surface area contributed by atoms with Crippen LogP contribution in [0.1, 0.15) is 26.7 Å². The molecule has 2 aromatic heterocycles. The lowest BCUT2D eigenvalue weighted by Gasteiger charge is -2.12. The zero-order valence-corrected chi connectivity index (χ0v) is 15.7. The normalized spacial score (nSPS) is 12.4. The third-order valence-electron chi connectivity index (χ3n) is 4.57. The Hall–Kier alpha value is -3.43. The van der Waals surface area contributed by atoms with Crippen molar-refractivity contribution < 1.29 is 9.59 Å². The van der Waals surface area contributed by atoms with E-state index in [1.165, 1.54) is 8.97 Å². The van der Waals surface area contributed by atoms with E-state index in [1.54, 1.807) is 24.3 Å². The summed E-state index contributed by atoms with van der Waals surface area (Å²) in [6.07, 6.45) is 0.841. The van der Waals surface area contributed by atoms with Crippen molar-refractivity contribution in [1.82, 2.24) is 24.1 Å². The summed E-state index contributed by atoms with van der Waals surface area (Å²) in [5.74, 6) is -0.866. The Labute approximate surface area is 159 Å². The van der Waals surface area contributed by atoms with Gasteiger partial charge in [0, 0.05) is 19.0 Å². The maximum absolute atomic E-state index is 13.0. The number of carbonyl (C=O) groups is 2. The number of aryl methyl sites for hydroxylation is 1. The Balaban J connectivity index is 2.13. The van der Waals surface area contributed by atoms with Gasteiger partial charge in [-0.25, -0.2) is 13.9 Å². The van der Waals surface area contributed by atoms with Crippen molar-refractivity contribution in [3.05, 3.63) is 45.1 Å². The van der Waals surface area contributed by atoms with E-state index in [9.17, 15) is 19.2 Å². The number of nitrogens with zero attached hydrogens (tertiary/aromatic N) is 4. The van der Waals surface area contributed by atoms with Gasteiger partial charge in [-0.05, 0) is 25.5 Å². The molecule has 10 heteroatoms. The number of nitrogens with two attached hydrogens (primary N) is 1. The second-order valence-corrected chi connectivity index (χ2v) is 6.64. The van der Waals surface area contributed by atoms with Gasteiger partial charge in [-0.2, -0.15) is 0 Å². The van der Waals surface area contributed by atoms with E-state index < -0.39 is 18.1 Å². The Morgan fingerprint density at radius 2 is 1.96 bits per heavy atom. The first-order valence-electron chi connectivity index (χ1n) is 9.02. The maximum Gasteiger partial charge on any atom is 0.352 e. The predicted octanol–water partition coefficient (Wildman–Crippen LogP) is -0.399. The molecule has 148 valence electrons. The summed E-state index contributed by atoms with van der Waals surface area (Å²) in [5.41, 5.74) is 4.62. The van der Waals surface area contributed by atoms with Crippen LogP contribution in [-0.2, 0) is 22.7 Å². The zero-order valence-electron chi connectivity index (χ0n) is 15.7. The monoisotopic (exact) mass is 386 g/mol. The SMILES string of the molecule is CCC(C)NC(=O)CCn1c(=O)c2ccccc2n2c(=O)n(CC(N)=O)nc12. The van der Waals surface area contributed by atoms with Crippen LogP contribution in [0, 0.1) is 0 Å². The number of primary amides is 1. The van der Waals surface area contributed by atoms with Crippen molar-refractivity contribution in [3.8, 4) is 0 Å². The van der Waals surface area contributed by atoms with Gasteiger partial charge in [0.15, 0.2) is 0 Å². The van der Waals surface area contributed by atoms with Crippen LogP contribution >= 0.6 is 0 Å². The van der Waals surface area contributed by atoms with Gasteiger partial charge < -0.3 is 11.1 Å². The summed E-state index contributed by atoms with van der Waals surface area (Å²) < 4.78 is 3.45. The molecular weight excluding hydrogens is 364 g/mol. The number of fused-ring (bicyclic) bond motifs is 3. The Morgan fingerprint density at radius 3 is 2.64 bits per heavy atom. The fraction of sp³-hybridized carbons (Fsp3) is 0.389. The average molecular weight is 386 g/mol. The molecule has 0 spiro atoms. The predicted molar refractivity (Wildman–Crippen MR) is 103 cm³/mol. The molecule has 1 unspecified atom stereocenters. The summed E-state index contributed by atoms with van der Waals surface area (Å²) >= 11 is 0. The summed E-state index contributed by atoms with van der Waals surface area (Å²) in [6, 6.07) is 6.64. The topological polar surface area (TPSA) is 133 Å². The number of aromatic nitrogens is 4. The number of nitrogens with one attached hydrogen (secondary N) is 1. The second-order valence-electron chi connectivity index (χ2n) is 6.64. The van der Waals surface area contributed by atoms with E-state index in [4.69, 9.17) is 5.73 Å². The van der Waals surface area contributed by atoms with E-state index in [-0.39, 0.29) is 36.3 Å². The van der Waals surface area contributed by atoms with Gasteiger partial charge >= 0.3 is 5.69 Å². The van der Waals surface area contributed by atoms with Crippen LogP contribution in [0.4, 0.5) is 0 Å². The Bertz CT molecular complexity index is 1170. The molecule has 28 heavy (non-hydrogen) atoms. The molecule has 0 aliphatic rings. The van der Waals surface area contributed by atoms with Crippen LogP contribution in [0.5, 0.6) is 0 Å². The van der Waals surface area contributed by atoms with Crippen LogP contribution in [0.2, 0.25) is 0 Å². The molecule has 1 atom stereocenters. The highest BCUT2D eigenvalue weighted by molar-refractivity contribution is 5.80. The first-order valence-corrected chi connectivity index (χ1v) is 9.02. The van der Waals surface area contributed by atoms with E-state index in [0.717, 1.165) is 11.1 Å². The summed E-state index contributed by atoms with van der Waals surface area (Å²) in [7, 11) is 0. The number of amides is 2. The number of para-hydroxylation sites is 1. The van der Waals surface area contributed by atoms with Gasteiger partial charge in [-0.3, -0.25) is 19.0 Å². The molecule has 0 aliphatic carbocycles. The number of carbonyl (C=O) groups excluding carboxylic acids is 2. The lowest BCUT2D eigenvalue weighted by atomic mass is 10.2. The van der Waals surface area contributed by atoms with Crippen LogP contribution in [0.3, 0.4) is 0 Å². The highest BCUT2D eigenvalue weighted by Gasteiger charge is 2.18. The fourth-order valence-electron chi connectivity index (χ4n) is 2.98. The molecule has 3 aromatic rings. The molecule has 0 saturated heterocycles. The standard InChI is InChI=1S/C18H22N6O4/c1-3-11(2)20-15(26)8-9-22-16(27)12-6-4-5-7-13(12)24-17(22)21-23(18(24)28)10-14(19)25/h4-7,11H,3,8-10H2,1-2H3,(H2,19,25)(H,20,26). The van der Waals surface area contributed by atoms with E-state index in [0.29, 0.717) is 10.9 Å². The molecule has 0 bridgehead atoms. The van der Waals surface area contributed by atoms with Gasteiger partial charge in [-0.1, -0.05) is 19.1 Å². The molecule has 0 saturated carbocycles. The van der Waals surface area contributed by atoms with Crippen molar-refractivity contribution >= 4 is 28.5 Å². The molecule has 2 amide bonds. The molecule has 3 N–H and O–H groups in total. The lowest BCUT2D eigenvalue weighted by Crippen LogP contribution is -2.34. The smallest absolute Gasteiger partial charge is 0.352 e. The highest BCUT2D eigenvalue weighted by atomic mass is 16.2. The first-order chi connectivity index (χ1) is 13.3. The molecule has 2 heterocycles. The van der Waals surface area contributed by atoms with Crippen molar-refractivity contribution in [2.75, 3.05) is 0 Å². The fourth-order valence-corrected chi connectivity index (χ4v) is 2.98. The highest BCUT2D eigenvalue weighted by Crippen LogP contribution is 2.11. The summed E-state index contributed by atoms with van der Waals surface area (Å²) in [5, 5.41) is 7.27. The third-order valence-corrected chi connectivity index (χ3v) is 4.57. The average Bonchev–Trinajstić information content (AvgIpc) is 2.97. The quantitative estimate of drug-likeness (QED) is 0.570. The molecule has 3 rings (SSSR count). The van der Waals surface area contributed by atoms with E-state index in [1.807, 2.05) is 13.8 Å². The van der Waals surface area contributed by atoms with Gasteiger partial charge in [-0.15, -0.1) is 5.10 Å². The molecule has 0 aliphatic heterocycles. The van der Waals surface area contributed by atoms with Crippen LogP contribution in [-0.4, -0.2) is 36.6 Å². The van der Waals surface area contributed by atoms with Crippen LogP contribution < -0.4 is 22.3 Å². The van der Waals surface area contributed by atoms with E-state index >= 15 is 0 Å². The number of hydrogen-bond acceptors (Lipinski definition) is 5. The van der Waals surface area contributed by atoms with Gasteiger partial charge in [0.1, 0.15) is 6.54 Å². The number of rotatable bonds is 7. The maximum atomic E-state index is 13.0. The minimum atomic E-state index is -0.725. The number of hydrogen-bond donors (Lipinski definition) is 2. The van der Waals surface area contributed by atoms with Gasteiger partial charge in [0.25, 0.3) is 5.56 Å². The summed E-state index contributed by atoms with van der Waals surface area (Å²) in [6.45, 7) is 3.49. The number of benzene rings is 1. The van der Waals surface area contributed by atoms with Crippen molar-refractivity contribution in [2.24, 2.45) is 5.73 Å². The third kappa shape index (κ3) is 3.53. The van der Waals surface area contributed by atoms with Gasteiger partial charge in [0.2, 0.25) is 17.6 Å². The molecule has 10 nitrogen and oxygen atoms in total. The molecule has 1 aromatic carbocycles. The van der Waals surface area contributed by atoms with Crippen molar-refractivity contribution in [1.29, 1.82) is 0 Å². The van der Waals surface area contributed by atoms with Crippen LogP contribution in [0.15, 0.2) is 33.9 Å². The lowest BCUT2D eigenvalue weighted by molar-refractivity contribution is -0.122. The molecule has 0 radical (unpaired) electrons. The Morgan fingerprint density at radius 1 is 1.25 bits per heavy atom. The largest absolute Gasteiger partial charge is 0.368 e. The second kappa shape index (κ2) is 7.67. The van der Waals surface area contributed by atoms with Crippen molar-refractivity contribution in [3.63, 3.8) is 0 Å². The van der Waals surface area contributed by atoms with Crippen molar-refractivity contribution in [2.45, 2.75) is 45.8 Å². The van der Waals surface area contributed by atoms with E-state index in [2.05, 4.69) is 10.4 Å². The van der Waals surface area contributed by atoms with Gasteiger partial charge in [0.05, 0.1) is 10.9 Å². The molecular formula is C18H22N6O4. The summed E-state index contributed by atoms with van der Waals surface area (Å²) in [4.78, 5) is 49.1. The Kier molecular flexibility index (Phi) is 5.30.